The molecule has 0 aliphatic carbocycles. The van der Waals surface area contributed by atoms with Gasteiger partial charge in [0.25, 0.3) is 11.5 Å². The van der Waals surface area contributed by atoms with Crippen LogP contribution in [0.4, 0.5) is 10.2 Å². The number of hydrogen-bond acceptors (Lipinski definition) is 7. The zero-order valence-corrected chi connectivity index (χ0v) is 20.4. The van der Waals surface area contributed by atoms with Crippen LogP contribution in [-0.4, -0.2) is 42.8 Å². The van der Waals surface area contributed by atoms with Gasteiger partial charge in [0.15, 0.2) is 5.82 Å². The number of aromatic nitrogens is 2. The van der Waals surface area contributed by atoms with Crippen LogP contribution in [0, 0.1) is 12.7 Å². The van der Waals surface area contributed by atoms with Crippen LogP contribution in [0.5, 0.6) is 5.75 Å². The van der Waals surface area contributed by atoms with Gasteiger partial charge in [-0.1, -0.05) is 18.2 Å². The highest BCUT2D eigenvalue weighted by Gasteiger charge is 2.26. The van der Waals surface area contributed by atoms with Crippen molar-refractivity contribution in [2.24, 2.45) is 0 Å². The van der Waals surface area contributed by atoms with Crippen LogP contribution in [-0.2, 0) is 10.4 Å². The van der Waals surface area contributed by atoms with Gasteiger partial charge in [-0.2, -0.15) is 0 Å². The van der Waals surface area contributed by atoms with Crippen LogP contribution in [0.2, 0.25) is 0 Å². The third-order valence-corrected chi connectivity index (χ3v) is 5.48. The smallest absolute Gasteiger partial charge is 0.297 e. The summed E-state index contributed by atoms with van der Waals surface area (Å²) < 4.78 is 21.8. The molecular formula is C25H30FN5O4. The van der Waals surface area contributed by atoms with Crippen LogP contribution >= 0.6 is 0 Å². The van der Waals surface area contributed by atoms with Crippen molar-refractivity contribution in [1.82, 2.24) is 20.3 Å². The molecule has 1 amide bonds. The number of benzene rings is 2. The molecule has 0 unspecified atom stereocenters. The number of halogens is 1. The summed E-state index contributed by atoms with van der Waals surface area (Å²) in [5, 5.41) is 6.24. The lowest BCUT2D eigenvalue weighted by molar-refractivity contribution is 0.0537. The Morgan fingerprint density at radius 3 is 2.69 bits per heavy atom. The van der Waals surface area contributed by atoms with Crippen LogP contribution in [0.1, 0.15) is 35.3 Å². The summed E-state index contributed by atoms with van der Waals surface area (Å²) in [4.78, 5) is 34.4. The molecule has 9 nitrogen and oxygen atoms in total. The van der Waals surface area contributed by atoms with Crippen molar-refractivity contribution in [3.8, 4) is 11.4 Å². The van der Waals surface area contributed by atoms with Gasteiger partial charge >= 0.3 is 0 Å². The average Bonchev–Trinajstić information content (AvgIpc) is 2.83. The van der Waals surface area contributed by atoms with E-state index in [9.17, 15) is 14.0 Å². The van der Waals surface area contributed by atoms with Gasteiger partial charge in [-0.25, -0.2) is 14.9 Å². The summed E-state index contributed by atoms with van der Waals surface area (Å²) in [5.74, 6) is -0.514. The van der Waals surface area contributed by atoms with E-state index in [-0.39, 0.29) is 22.6 Å². The first-order chi connectivity index (χ1) is 16.7. The second-order valence-corrected chi connectivity index (χ2v) is 8.39. The van der Waals surface area contributed by atoms with E-state index >= 15 is 0 Å². The van der Waals surface area contributed by atoms with E-state index in [1.54, 1.807) is 0 Å². The quantitative estimate of drug-likeness (QED) is 0.301. The van der Waals surface area contributed by atoms with E-state index < -0.39 is 22.8 Å². The second kappa shape index (κ2) is 11.1. The maximum Gasteiger partial charge on any atom is 0.297 e. The number of anilines is 1. The number of rotatable bonds is 10. The lowest BCUT2D eigenvalue weighted by atomic mass is 9.93. The first-order valence-electron chi connectivity index (χ1n) is 11.1. The van der Waals surface area contributed by atoms with Crippen LogP contribution in [0.15, 0.2) is 53.6 Å². The van der Waals surface area contributed by atoms with Crippen molar-refractivity contribution >= 4 is 11.7 Å². The molecule has 186 valence electrons. The maximum atomic E-state index is 14.6. The van der Waals surface area contributed by atoms with Crippen molar-refractivity contribution in [1.29, 1.82) is 0 Å². The summed E-state index contributed by atoms with van der Waals surface area (Å²) in [6, 6.07) is 10.1. The van der Waals surface area contributed by atoms with Gasteiger partial charge < -0.3 is 15.4 Å². The first-order valence-corrected chi connectivity index (χ1v) is 11.1. The Labute approximate surface area is 203 Å². The maximum absolute atomic E-state index is 14.6. The zero-order chi connectivity index (χ0) is 25.6. The summed E-state index contributed by atoms with van der Waals surface area (Å²) in [6.07, 6.45) is 2.86. The fraction of sp³-hybridized carbons (Fsp3) is 0.320. The molecule has 0 saturated carbocycles. The molecule has 3 rings (SSSR count). The van der Waals surface area contributed by atoms with E-state index in [1.807, 2.05) is 45.2 Å². The molecule has 0 atom stereocenters. The fourth-order valence-electron chi connectivity index (χ4n) is 3.62. The van der Waals surface area contributed by atoms with Crippen molar-refractivity contribution in [3.63, 3.8) is 0 Å². The number of carbonyl (C=O) groups is 1. The highest BCUT2D eigenvalue weighted by Crippen LogP contribution is 2.31. The molecule has 0 spiro atoms. The highest BCUT2D eigenvalue weighted by atomic mass is 19.1. The first kappa shape index (κ1) is 25.9. The van der Waals surface area contributed by atoms with Crippen molar-refractivity contribution in [2.45, 2.75) is 26.3 Å². The second-order valence-electron chi connectivity index (χ2n) is 8.39. The molecule has 1 heterocycles. The summed E-state index contributed by atoms with van der Waals surface area (Å²) >= 11 is 0. The molecule has 10 heteroatoms. The SMILES string of the molecule is CNCCOc1ccccc1C(C)(C)Nc1nccn(-c2cc(C(=O)NOC)cc(F)c2C)c1=O. The van der Waals surface area contributed by atoms with Gasteiger partial charge in [-0.3, -0.25) is 19.0 Å². The van der Waals surface area contributed by atoms with E-state index in [4.69, 9.17) is 4.74 Å². The van der Waals surface area contributed by atoms with Crippen molar-refractivity contribution in [3.05, 3.63) is 81.7 Å². The Kier molecular flexibility index (Phi) is 8.21. The molecule has 0 saturated heterocycles. The normalized spacial score (nSPS) is 11.3. The summed E-state index contributed by atoms with van der Waals surface area (Å²) in [6.45, 7) is 6.52. The van der Waals surface area contributed by atoms with Gasteiger partial charge in [0.2, 0.25) is 0 Å². The molecule has 0 aliphatic heterocycles. The minimum atomic E-state index is -0.734. The molecule has 0 fully saturated rings. The van der Waals surface area contributed by atoms with Gasteiger partial charge in [0, 0.05) is 35.6 Å². The van der Waals surface area contributed by atoms with Gasteiger partial charge in [-0.15, -0.1) is 0 Å². The van der Waals surface area contributed by atoms with Gasteiger partial charge in [0.05, 0.1) is 18.3 Å². The Balaban J connectivity index is 2.00. The lowest BCUT2D eigenvalue weighted by Gasteiger charge is -2.29. The van der Waals surface area contributed by atoms with Crippen molar-refractivity contribution in [2.75, 3.05) is 32.6 Å². The Bertz CT molecular complexity index is 1260. The van der Waals surface area contributed by atoms with Gasteiger partial charge in [-0.05, 0) is 46.0 Å². The molecule has 3 aromatic rings. The van der Waals surface area contributed by atoms with Crippen LogP contribution in [0.25, 0.3) is 5.69 Å². The average molecular weight is 484 g/mol. The molecule has 1 aromatic heterocycles. The summed E-state index contributed by atoms with van der Waals surface area (Å²) in [7, 11) is 3.13. The molecule has 0 aliphatic rings. The number of hydroxylamine groups is 1. The minimum Gasteiger partial charge on any atom is -0.492 e. The number of nitrogens with one attached hydrogen (secondary N) is 3. The predicted octanol–water partition coefficient (Wildman–Crippen LogP) is 2.92. The number of likely N-dealkylation sites (N-methyl/N-ethyl adjacent to an activating group) is 1. The third kappa shape index (κ3) is 5.84. The van der Waals surface area contributed by atoms with Crippen LogP contribution < -0.4 is 26.4 Å². The van der Waals surface area contributed by atoms with E-state index in [0.29, 0.717) is 18.9 Å². The van der Waals surface area contributed by atoms with Crippen molar-refractivity contribution < 1.29 is 18.8 Å². The van der Waals surface area contributed by atoms with Gasteiger partial charge in [0.1, 0.15) is 18.2 Å². The molecule has 3 N–H and O–H groups in total. The Morgan fingerprint density at radius 1 is 1.23 bits per heavy atom. The highest BCUT2D eigenvalue weighted by molar-refractivity contribution is 5.94. The van der Waals surface area contributed by atoms with Crippen LogP contribution in [0.3, 0.4) is 0 Å². The largest absolute Gasteiger partial charge is 0.492 e. The molecule has 0 bridgehead atoms. The third-order valence-electron chi connectivity index (χ3n) is 5.48. The van der Waals surface area contributed by atoms with E-state index in [0.717, 1.165) is 11.6 Å². The number of hydrogen-bond donors (Lipinski definition) is 3. The zero-order valence-electron chi connectivity index (χ0n) is 20.4. The number of carbonyl (C=O) groups excluding carboxylic acids is 1. The summed E-state index contributed by atoms with van der Waals surface area (Å²) in [5.41, 5.74) is 2.20. The lowest BCUT2D eigenvalue weighted by Crippen LogP contribution is -2.34. The van der Waals surface area contributed by atoms with E-state index in [2.05, 4.69) is 25.9 Å². The Morgan fingerprint density at radius 2 is 1.97 bits per heavy atom. The van der Waals surface area contributed by atoms with E-state index in [1.165, 1.54) is 37.1 Å². The minimum absolute atomic E-state index is 0.0103. The Hall–Kier alpha value is -3.76. The number of para-hydroxylation sites is 1. The molecule has 0 radical (unpaired) electrons. The molecule has 2 aromatic carbocycles. The monoisotopic (exact) mass is 483 g/mol. The predicted molar refractivity (Wildman–Crippen MR) is 132 cm³/mol. The topological polar surface area (TPSA) is 107 Å². The molecule has 35 heavy (non-hydrogen) atoms. The number of amides is 1. The number of nitrogens with zero attached hydrogens (tertiary/aromatic N) is 2. The number of ether oxygens (including phenoxy) is 1. The fourth-order valence-corrected chi connectivity index (χ4v) is 3.62. The molecular weight excluding hydrogens is 453 g/mol. The standard InChI is InChI=1S/C25H30FN5O4/c1-16-19(26)14-17(23(32)30-34-5)15-20(16)31-12-10-28-22(24(31)33)29-25(2,3)18-8-6-7-9-21(18)35-13-11-27-4/h6-10,12,14-15,27H,11,13H2,1-5H3,(H,28,29)(H,30,32).